The molecule has 2 aromatic rings. The summed E-state index contributed by atoms with van der Waals surface area (Å²) in [5, 5.41) is 4.25. The highest BCUT2D eigenvalue weighted by Gasteiger charge is 2.39. The first-order valence-corrected chi connectivity index (χ1v) is 7.09. The summed E-state index contributed by atoms with van der Waals surface area (Å²) in [5.41, 5.74) is 4.40. The number of nitrogens with one attached hydrogen (secondary N) is 1. The Morgan fingerprint density at radius 3 is 2.53 bits per heavy atom. The smallest absolute Gasteiger partial charge is 0.0408 e. The fourth-order valence-corrected chi connectivity index (χ4v) is 3.26. The zero-order valence-electron chi connectivity index (χ0n) is 11.1. The molecule has 19 heavy (non-hydrogen) atoms. The van der Waals surface area contributed by atoms with Crippen molar-refractivity contribution in [3.63, 3.8) is 0 Å². The van der Waals surface area contributed by atoms with Gasteiger partial charge in [0.25, 0.3) is 0 Å². The third-order valence-electron chi connectivity index (χ3n) is 4.07. The topological polar surface area (TPSA) is 12.0 Å². The zero-order chi connectivity index (χ0) is 13.3. The summed E-state index contributed by atoms with van der Waals surface area (Å²) in [7, 11) is 0. The monoisotopic (exact) mass is 271 g/mol. The predicted molar refractivity (Wildman–Crippen MR) is 80.9 cm³/mol. The molecule has 1 saturated heterocycles. The van der Waals surface area contributed by atoms with Crippen LogP contribution in [-0.4, -0.2) is 13.1 Å². The molecular formula is C17H18ClN. The highest BCUT2D eigenvalue weighted by molar-refractivity contribution is 6.30. The van der Waals surface area contributed by atoms with Gasteiger partial charge in [0.15, 0.2) is 0 Å². The first-order chi connectivity index (χ1) is 9.20. The van der Waals surface area contributed by atoms with E-state index in [-0.39, 0.29) is 5.41 Å². The van der Waals surface area contributed by atoms with Crippen molar-refractivity contribution >= 4 is 11.6 Å². The summed E-state index contributed by atoms with van der Waals surface area (Å²) in [6.45, 7) is 4.29. The van der Waals surface area contributed by atoms with Crippen LogP contribution in [0.1, 0.15) is 16.7 Å². The average molecular weight is 272 g/mol. The van der Waals surface area contributed by atoms with Gasteiger partial charge in [-0.1, -0.05) is 48.0 Å². The van der Waals surface area contributed by atoms with E-state index in [9.17, 15) is 0 Å². The van der Waals surface area contributed by atoms with Crippen LogP contribution in [0.15, 0.2) is 48.5 Å². The normalized spacial score (nSPS) is 16.9. The van der Waals surface area contributed by atoms with Crippen LogP contribution in [0.3, 0.4) is 0 Å². The van der Waals surface area contributed by atoms with Gasteiger partial charge in [0, 0.05) is 23.5 Å². The van der Waals surface area contributed by atoms with Crippen molar-refractivity contribution in [1.82, 2.24) is 5.32 Å². The molecule has 1 heterocycles. The maximum atomic E-state index is 6.10. The van der Waals surface area contributed by atoms with Crippen molar-refractivity contribution in [2.45, 2.75) is 18.8 Å². The Hall–Kier alpha value is -1.31. The molecule has 2 aromatic carbocycles. The first-order valence-electron chi connectivity index (χ1n) is 6.71. The van der Waals surface area contributed by atoms with Crippen LogP contribution in [-0.2, 0) is 11.8 Å². The number of hydrogen-bond acceptors (Lipinski definition) is 1. The molecule has 2 heteroatoms. The van der Waals surface area contributed by atoms with Crippen molar-refractivity contribution in [3.8, 4) is 0 Å². The van der Waals surface area contributed by atoms with Crippen molar-refractivity contribution in [2.75, 3.05) is 13.1 Å². The molecule has 0 unspecified atom stereocenters. The van der Waals surface area contributed by atoms with Gasteiger partial charge in [-0.2, -0.15) is 0 Å². The molecule has 98 valence electrons. The van der Waals surface area contributed by atoms with E-state index in [2.05, 4.69) is 48.6 Å². The molecule has 0 aromatic heterocycles. The molecule has 0 aliphatic carbocycles. The van der Waals surface area contributed by atoms with Crippen LogP contribution in [0.2, 0.25) is 5.02 Å². The second-order valence-corrected chi connectivity index (χ2v) is 5.94. The van der Waals surface area contributed by atoms with E-state index in [0.29, 0.717) is 0 Å². The lowest BCUT2D eigenvalue weighted by molar-refractivity contribution is 0.273. The van der Waals surface area contributed by atoms with Crippen molar-refractivity contribution in [3.05, 3.63) is 70.2 Å². The van der Waals surface area contributed by atoms with Gasteiger partial charge >= 0.3 is 0 Å². The summed E-state index contributed by atoms with van der Waals surface area (Å²) in [6, 6.07) is 16.9. The Labute approximate surface area is 119 Å². The van der Waals surface area contributed by atoms with E-state index in [1.165, 1.54) is 16.7 Å². The highest BCUT2D eigenvalue weighted by atomic mass is 35.5. The van der Waals surface area contributed by atoms with Gasteiger partial charge in [-0.15, -0.1) is 0 Å². The van der Waals surface area contributed by atoms with Gasteiger partial charge in [0.05, 0.1) is 0 Å². The molecular weight excluding hydrogens is 254 g/mol. The molecule has 0 atom stereocenters. The van der Waals surface area contributed by atoms with Crippen LogP contribution in [0.4, 0.5) is 0 Å². The molecule has 0 bridgehead atoms. The molecule has 1 aliphatic rings. The van der Waals surface area contributed by atoms with E-state index in [1.807, 2.05) is 12.1 Å². The van der Waals surface area contributed by atoms with Crippen LogP contribution in [0.5, 0.6) is 0 Å². The number of rotatable bonds is 3. The number of aryl methyl sites for hydroxylation is 1. The summed E-state index contributed by atoms with van der Waals surface area (Å²) in [5.74, 6) is 0. The first kappa shape index (κ1) is 12.7. The van der Waals surface area contributed by atoms with Crippen LogP contribution in [0, 0.1) is 6.92 Å². The third kappa shape index (κ3) is 2.41. The van der Waals surface area contributed by atoms with Crippen molar-refractivity contribution in [2.24, 2.45) is 0 Å². The molecule has 1 fully saturated rings. The lowest BCUT2D eigenvalue weighted by atomic mass is 9.69. The largest absolute Gasteiger partial charge is 0.315 e. The van der Waals surface area contributed by atoms with Gasteiger partial charge in [-0.05, 0) is 42.2 Å². The molecule has 1 aliphatic heterocycles. The Balaban J connectivity index is 1.94. The van der Waals surface area contributed by atoms with Crippen molar-refractivity contribution in [1.29, 1.82) is 0 Å². The summed E-state index contributed by atoms with van der Waals surface area (Å²) < 4.78 is 0. The molecule has 0 saturated carbocycles. The van der Waals surface area contributed by atoms with Crippen molar-refractivity contribution < 1.29 is 0 Å². The maximum Gasteiger partial charge on any atom is 0.0408 e. The minimum absolute atomic E-state index is 0.232. The maximum absolute atomic E-state index is 6.10. The lowest BCUT2D eigenvalue weighted by Gasteiger charge is -2.44. The van der Waals surface area contributed by atoms with Gasteiger partial charge in [0.2, 0.25) is 0 Å². The SMILES string of the molecule is Cc1ccccc1C1(Cc2cccc(Cl)c2)CNC1. The third-order valence-corrected chi connectivity index (χ3v) is 4.31. The summed E-state index contributed by atoms with van der Waals surface area (Å²) in [6.07, 6.45) is 1.05. The minimum Gasteiger partial charge on any atom is -0.315 e. The Kier molecular flexibility index (Phi) is 3.34. The number of benzene rings is 2. The fourth-order valence-electron chi connectivity index (χ4n) is 3.04. The number of hydrogen-bond donors (Lipinski definition) is 1. The Morgan fingerprint density at radius 1 is 1.11 bits per heavy atom. The molecule has 0 radical (unpaired) electrons. The second kappa shape index (κ2) is 4.99. The standard InChI is InChI=1S/C17H18ClN/c1-13-5-2-3-8-16(13)17(11-19-12-17)10-14-6-4-7-15(18)9-14/h2-9,19H,10-12H2,1H3. The van der Waals surface area contributed by atoms with Crippen LogP contribution >= 0.6 is 11.6 Å². The number of halogens is 1. The fraction of sp³-hybridized carbons (Fsp3) is 0.294. The molecule has 1 nitrogen and oxygen atoms in total. The predicted octanol–water partition coefficient (Wildman–Crippen LogP) is 3.73. The molecule has 0 amide bonds. The highest BCUT2D eigenvalue weighted by Crippen LogP contribution is 2.34. The van der Waals surface area contributed by atoms with Crippen LogP contribution in [0.25, 0.3) is 0 Å². The quantitative estimate of drug-likeness (QED) is 0.897. The molecule has 1 N–H and O–H groups in total. The minimum atomic E-state index is 0.232. The van der Waals surface area contributed by atoms with Gasteiger partial charge in [-0.25, -0.2) is 0 Å². The molecule has 0 spiro atoms. The second-order valence-electron chi connectivity index (χ2n) is 5.51. The van der Waals surface area contributed by atoms with E-state index >= 15 is 0 Å². The molecule has 3 rings (SSSR count). The van der Waals surface area contributed by atoms with E-state index in [4.69, 9.17) is 11.6 Å². The van der Waals surface area contributed by atoms with E-state index in [1.54, 1.807) is 0 Å². The zero-order valence-corrected chi connectivity index (χ0v) is 11.9. The summed E-state index contributed by atoms with van der Waals surface area (Å²) in [4.78, 5) is 0. The lowest BCUT2D eigenvalue weighted by Crippen LogP contribution is -2.58. The van der Waals surface area contributed by atoms with Gasteiger partial charge in [-0.3, -0.25) is 0 Å². The van der Waals surface area contributed by atoms with Crippen LogP contribution < -0.4 is 5.32 Å². The Morgan fingerprint density at radius 2 is 1.89 bits per heavy atom. The Bertz CT molecular complexity index is 587. The van der Waals surface area contributed by atoms with E-state index in [0.717, 1.165) is 24.5 Å². The van der Waals surface area contributed by atoms with Gasteiger partial charge < -0.3 is 5.32 Å². The average Bonchev–Trinajstić information content (AvgIpc) is 2.35. The van der Waals surface area contributed by atoms with E-state index < -0.39 is 0 Å². The van der Waals surface area contributed by atoms with Gasteiger partial charge in [0.1, 0.15) is 0 Å². The summed E-state index contributed by atoms with van der Waals surface area (Å²) >= 11 is 6.10.